The quantitative estimate of drug-likeness (QED) is 0.0300. The maximum atomic E-state index is 12.7. The summed E-state index contributed by atoms with van der Waals surface area (Å²) >= 11 is 0. The van der Waals surface area contributed by atoms with Crippen LogP contribution in [-0.4, -0.2) is 68.5 Å². The number of hydrogen-bond acceptors (Lipinski definition) is 6. The fourth-order valence-electron chi connectivity index (χ4n) is 5.17. The molecular weight excluding hydrogens is 623 g/mol. The third kappa shape index (κ3) is 33.2. The number of nitrogens with zero attached hydrogens (tertiary/aromatic N) is 1. The van der Waals surface area contributed by atoms with Crippen molar-refractivity contribution in [1.82, 2.24) is 5.32 Å². The number of allylic oxidation sites excluding steroid dienone is 5. The van der Waals surface area contributed by atoms with E-state index in [-0.39, 0.29) is 12.5 Å². The van der Waals surface area contributed by atoms with E-state index in [2.05, 4.69) is 43.5 Å². The smallest absolute Gasteiger partial charge is 0.268 e. The molecule has 0 spiro atoms. The molecule has 3 atom stereocenters. The van der Waals surface area contributed by atoms with Crippen LogP contribution in [0.15, 0.2) is 36.5 Å². The van der Waals surface area contributed by atoms with Gasteiger partial charge in [-0.25, -0.2) is 0 Å². The van der Waals surface area contributed by atoms with Crippen molar-refractivity contribution in [1.29, 1.82) is 0 Å². The van der Waals surface area contributed by atoms with Gasteiger partial charge in [0, 0.05) is 6.42 Å². The van der Waals surface area contributed by atoms with Crippen molar-refractivity contribution in [3.8, 4) is 0 Å². The fraction of sp³-hybridized carbons (Fsp3) is 0.821. The molecule has 48 heavy (non-hydrogen) atoms. The second kappa shape index (κ2) is 31.7. The van der Waals surface area contributed by atoms with Crippen LogP contribution in [0.3, 0.4) is 0 Å². The van der Waals surface area contributed by atoms with Crippen molar-refractivity contribution >= 4 is 13.7 Å². The highest BCUT2D eigenvalue weighted by molar-refractivity contribution is 7.45. The Morgan fingerprint density at radius 2 is 1.21 bits per heavy atom. The second-order valence-corrected chi connectivity index (χ2v) is 15.7. The van der Waals surface area contributed by atoms with Gasteiger partial charge in [-0.2, -0.15) is 0 Å². The number of carbonyl (C=O) groups is 1. The van der Waals surface area contributed by atoms with Gasteiger partial charge in [-0.05, 0) is 51.4 Å². The molecule has 0 heterocycles. The molecule has 0 fully saturated rings. The van der Waals surface area contributed by atoms with Gasteiger partial charge >= 0.3 is 0 Å². The number of phosphoric ester groups is 1. The molecule has 8 nitrogen and oxygen atoms in total. The summed E-state index contributed by atoms with van der Waals surface area (Å²) < 4.78 is 23.0. The van der Waals surface area contributed by atoms with E-state index in [4.69, 9.17) is 9.05 Å². The SMILES string of the molecule is CCC/C=C/CC/C=C/C(O)C(COP(=O)([O-])OCC[N+](C)(C)C)NC(=O)CCCCCCCCCCC/C=C\CCCCCCCC. The number of quaternary nitrogens is 1. The molecule has 282 valence electrons. The standard InChI is InChI=1S/C39H75N2O6P/c1-6-8-10-12-14-15-16-17-18-19-20-21-22-23-24-25-27-29-31-33-39(43)40-37(38(42)32-30-28-26-13-11-9-7-2)36-47-48(44,45)46-35-34-41(3,4)5/h11,13,17-18,30,32,37-38,42H,6-10,12,14-16,19-29,31,33-36H2,1-5H3,(H-,40,43,44,45)/b13-11+,18-17-,32-30+. The normalized spacial score (nSPS) is 15.1. The highest BCUT2D eigenvalue weighted by Crippen LogP contribution is 2.38. The number of rotatable bonds is 34. The molecule has 1 amide bonds. The summed E-state index contributed by atoms with van der Waals surface area (Å²) in [6.45, 7) is 4.49. The maximum absolute atomic E-state index is 12.7. The molecule has 0 radical (unpaired) electrons. The lowest BCUT2D eigenvalue weighted by Gasteiger charge is -2.29. The molecule has 0 saturated carbocycles. The Balaban J connectivity index is 4.31. The summed E-state index contributed by atoms with van der Waals surface area (Å²) in [5.74, 6) is -0.216. The van der Waals surface area contributed by atoms with Crippen molar-refractivity contribution in [2.45, 2.75) is 167 Å². The van der Waals surface area contributed by atoms with Crippen LogP contribution >= 0.6 is 7.82 Å². The molecular formula is C39H75N2O6P. The Hall–Kier alpha value is -1.28. The van der Waals surface area contributed by atoms with Crippen LogP contribution in [0.25, 0.3) is 0 Å². The predicted octanol–water partition coefficient (Wildman–Crippen LogP) is 9.33. The van der Waals surface area contributed by atoms with Crippen molar-refractivity contribution in [2.24, 2.45) is 0 Å². The highest BCUT2D eigenvalue weighted by Gasteiger charge is 2.23. The molecule has 2 N–H and O–H groups in total. The third-order valence-corrected chi connectivity index (χ3v) is 9.27. The lowest BCUT2D eigenvalue weighted by atomic mass is 10.0. The molecule has 0 aliphatic heterocycles. The number of aliphatic hydroxyl groups is 1. The van der Waals surface area contributed by atoms with E-state index in [1.54, 1.807) is 6.08 Å². The molecule has 0 aromatic rings. The number of unbranched alkanes of at least 4 members (excludes halogenated alkanes) is 17. The average Bonchev–Trinajstić information content (AvgIpc) is 3.02. The lowest BCUT2D eigenvalue weighted by Crippen LogP contribution is -2.45. The van der Waals surface area contributed by atoms with Crippen molar-refractivity contribution in [2.75, 3.05) is 40.9 Å². The van der Waals surface area contributed by atoms with Gasteiger partial charge in [-0.3, -0.25) is 9.36 Å². The number of nitrogens with one attached hydrogen (secondary N) is 1. The minimum atomic E-state index is -4.58. The lowest BCUT2D eigenvalue weighted by molar-refractivity contribution is -0.870. The van der Waals surface area contributed by atoms with Crippen LogP contribution in [0.2, 0.25) is 0 Å². The highest BCUT2D eigenvalue weighted by atomic mass is 31.2. The summed E-state index contributed by atoms with van der Waals surface area (Å²) in [6, 6.07) is -0.899. The zero-order valence-corrected chi connectivity index (χ0v) is 32.6. The third-order valence-electron chi connectivity index (χ3n) is 8.30. The minimum absolute atomic E-state index is 0.00763. The molecule has 0 aliphatic rings. The summed E-state index contributed by atoms with van der Waals surface area (Å²) in [6.07, 6.45) is 36.4. The van der Waals surface area contributed by atoms with Gasteiger partial charge in [0.25, 0.3) is 7.82 Å². The molecule has 0 aromatic carbocycles. The predicted molar refractivity (Wildman–Crippen MR) is 201 cm³/mol. The van der Waals surface area contributed by atoms with Crippen molar-refractivity contribution < 1.29 is 32.9 Å². The molecule has 0 aromatic heterocycles. The van der Waals surface area contributed by atoms with Crippen molar-refractivity contribution in [3.63, 3.8) is 0 Å². The molecule has 0 bridgehead atoms. The molecule has 0 saturated heterocycles. The van der Waals surface area contributed by atoms with Gasteiger partial charge in [0.2, 0.25) is 5.91 Å². The molecule has 9 heteroatoms. The first kappa shape index (κ1) is 46.7. The number of phosphoric acid groups is 1. The number of amides is 1. The van der Waals surface area contributed by atoms with Gasteiger partial charge in [0.1, 0.15) is 13.2 Å². The van der Waals surface area contributed by atoms with Crippen LogP contribution in [0, 0.1) is 0 Å². The Morgan fingerprint density at radius 1 is 0.708 bits per heavy atom. The second-order valence-electron chi connectivity index (χ2n) is 14.3. The van der Waals surface area contributed by atoms with Crippen LogP contribution in [-0.2, 0) is 18.4 Å². The topological polar surface area (TPSA) is 108 Å². The number of carbonyl (C=O) groups excluding carboxylic acids is 1. The van der Waals surface area contributed by atoms with E-state index in [9.17, 15) is 19.4 Å². The van der Waals surface area contributed by atoms with Gasteiger partial charge < -0.3 is 28.8 Å². The van der Waals surface area contributed by atoms with E-state index >= 15 is 0 Å². The summed E-state index contributed by atoms with van der Waals surface area (Å²) in [7, 11) is 1.23. The average molecular weight is 699 g/mol. The monoisotopic (exact) mass is 699 g/mol. The van der Waals surface area contributed by atoms with E-state index in [0.717, 1.165) is 44.9 Å². The number of likely N-dealkylation sites (N-methyl/N-ethyl adjacent to an activating group) is 1. The first-order valence-electron chi connectivity index (χ1n) is 19.4. The summed E-state index contributed by atoms with van der Waals surface area (Å²) in [4.78, 5) is 25.1. The minimum Gasteiger partial charge on any atom is -0.756 e. The van der Waals surface area contributed by atoms with Gasteiger partial charge in [-0.1, -0.05) is 134 Å². The zero-order chi connectivity index (χ0) is 35.8. The van der Waals surface area contributed by atoms with E-state index in [1.165, 1.54) is 89.9 Å². The Morgan fingerprint density at radius 3 is 1.77 bits per heavy atom. The van der Waals surface area contributed by atoms with Crippen LogP contribution < -0.4 is 10.2 Å². The Labute approximate surface area is 296 Å². The van der Waals surface area contributed by atoms with Gasteiger partial charge in [0.05, 0.1) is 39.9 Å². The Bertz CT molecular complexity index is 886. The fourth-order valence-corrected chi connectivity index (χ4v) is 5.89. The molecule has 0 rings (SSSR count). The first-order chi connectivity index (χ1) is 23.0. The molecule has 0 aliphatic carbocycles. The number of hydrogen-bond donors (Lipinski definition) is 2. The largest absolute Gasteiger partial charge is 0.756 e. The maximum Gasteiger partial charge on any atom is 0.268 e. The first-order valence-corrected chi connectivity index (χ1v) is 20.8. The van der Waals surface area contributed by atoms with Gasteiger partial charge in [0.15, 0.2) is 0 Å². The summed E-state index contributed by atoms with van der Waals surface area (Å²) in [5, 5.41) is 13.6. The Kier molecular flexibility index (Phi) is 30.8. The van der Waals surface area contributed by atoms with E-state index in [0.29, 0.717) is 17.4 Å². The van der Waals surface area contributed by atoms with Crippen LogP contribution in [0.5, 0.6) is 0 Å². The van der Waals surface area contributed by atoms with Gasteiger partial charge in [-0.15, -0.1) is 0 Å². The molecule has 3 unspecified atom stereocenters. The zero-order valence-electron chi connectivity index (χ0n) is 31.7. The van der Waals surface area contributed by atoms with E-state index < -0.39 is 26.6 Å². The summed E-state index contributed by atoms with van der Waals surface area (Å²) in [5.41, 5.74) is 0. The van der Waals surface area contributed by atoms with Crippen LogP contribution in [0.1, 0.15) is 155 Å². The van der Waals surface area contributed by atoms with Crippen LogP contribution in [0.4, 0.5) is 0 Å². The van der Waals surface area contributed by atoms with Crippen molar-refractivity contribution in [3.05, 3.63) is 36.5 Å². The number of aliphatic hydroxyl groups excluding tert-OH is 1. The van der Waals surface area contributed by atoms with E-state index in [1.807, 2.05) is 27.2 Å².